The third-order valence-corrected chi connectivity index (χ3v) is 10.8. The molecule has 0 spiro atoms. The highest BCUT2D eigenvalue weighted by molar-refractivity contribution is 7.98. The van der Waals surface area contributed by atoms with Gasteiger partial charge in [0.1, 0.15) is 54.4 Å². The van der Waals surface area contributed by atoms with Gasteiger partial charge in [-0.1, -0.05) is 13.8 Å². The number of thioether (sulfide) groups is 1. The van der Waals surface area contributed by atoms with Crippen molar-refractivity contribution in [3.8, 4) is 0 Å². The number of nitrogens with one attached hydrogen (secondary N) is 9. The fourth-order valence-corrected chi connectivity index (χ4v) is 6.25. The zero-order valence-electron chi connectivity index (χ0n) is 43.6. The molecule has 0 aromatic heterocycles. The number of aliphatic hydroxyl groups excluding tert-OH is 3. The Morgan fingerprint density at radius 3 is 1.34 bits per heavy atom. The summed E-state index contributed by atoms with van der Waals surface area (Å²) in [7, 11) is 0. The van der Waals surface area contributed by atoms with Gasteiger partial charge in [0.25, 0.3) is 0 Å². The van der Waals surface area contributed by atoms with E-state index < -0.39 is 195 Å². The minimum Gasteiger partial charge on any atom is -0.481 e. The number of rotatable bonds is 36. The molecule has 0 rings (SSSR count). The van der Waals surface area contributed by atoms with Gasteiger partial charge in [-0.2, -0.15) is 24.4 Å². The molecule has 0 bridgehead atoms. The van der Waals surface area contributed by atoms with Crippen LogP contribution in [0.5, 0.6) is 0 Å². The van der Waals surface area contributed by atoms with Crippen LogP contribution in [0.2, 0.25) is 0 Å². The van der Waals surface area contributed by atoms with Gasteiger partial charge < -0.3 is 111 Å². The zero-order valence-corrected chi connectivity index (χ0v) is 45.3. The molecule has 10 atom stereocenters. The molecule has 0 aromatic rings. The molecule has 24 N–H and O–H groups in total. The van der Waals surface area contributed by atoms with Crippen LogP contribution in [0.4, 0.5) is 0 Å². The highest BCUT2D eigenvalue weighted by atomic mass is 32.2. The van der Waals surface area contributed by atoms with E-state index in [1.165, 1.54) is 11.8 Å². The molecule has 0 heterocycles. The first-order valence-corrected chi connectivity index (χ1v) is 25.4. The van der Waals surface area contributed by atoms with Gasteiger partial charge in [-0.3, -0.25) is 57.5 Å². The first kappa shape index (κ1) is 76.7. The van der Waals surface area contributed by atoms with E-state index in [1.807, 2.05) is 32.8 Å². The van der Waals surface area contributed by atoms with Gasteiger partial charge in [-0.05, 0) is 37.7 Å². The van der Waals surface area contributed by atoms with Crippen molar-refractivity contribution in [2.75, 3.05) is 50.6 Å². The number of hydrogen-bond acceptors (Lipinski definition) is 23. The van der Waals surface area contributed by atoms with Gasteiger partial charge >= 0.3 is 35.8 Å². The normalized spacial score (nSPS) is 14.2. The number of carbonyl (C=O) groups is 15. The van der Waals surface area contributed by atoms with E-state index >= 15 is 0 Å². The maximum atomic E-state index is 12.4. The van der Waals surface area contributed by atoms with Crippen molar-refractivity contribution in [3.05, 3.63) is 0 Å². The molecule has 0 fully saturated rings. The first-order chi connectivity index (χ1) is 37.2. The lowest BCUT2D eigenvalue weighted by Crippen LogP contribution is -2.60. The van der Waals surface area contributed by atoms with Crippen LogP contribution >= 0.6 is 24.4 Å². The van der Waals surface area contributed by atoms with Crippen molar-refractivity contribution in [3.63, 3.8) is 0 Å². The molecule has 0 aliphatic heterocycles. The maximum Gasteiger partial charge on any atom is 0.326 e. The fourth-order valence-electron chi connectivity index (χ4n) is 5.52. The van der Waals surface area contributed by atoms with E-state index in [0.29, 0.717) is 5.75 Å². The van der Waals surface area contributed by atoms with Crippen molar-refractivity contribution >= 4 is 113 Å². The molecular weight excluding hydrogens is 1120 g/mol. The summed E-state index contributed by atoms with van der Waals surface area (Å²) in [5.41, 5.74) is 15.5. The zero-order chi connectivity index (χ0) is 62.6. The molecule has 9 amide bonds. The van der Waals surface area contributed by atoms with Crippen molar-refractivity contribution in [2.24, 2.45) is 23.1 Å². The predicted octanol–water partition coefficient (Wildman–Crippen LogP) is -10.0. The summed E-state index contributed by atoms with van der Waals surface area (Å²) in [4.78, 5) is 172. The smallest absolute Gasteiger partial charge is 0.326 e. The minimum absolute atomic E-state index is 0.0257. The SMILES string of the molecule is CSCC[C@H](NC(=O)[C@H](CS)NC(=O)[C@@H](NC(=O)CN)C(C)C)C(=O)O.C[C@@H](O)[C@H](NC(=O)[C@H](CO)NC(=O)[C@@H](N)CO)C(=O)N[C@@H](CC(=O)O)C(=O)O.NCC(=O)NCC(=O)N[C@@H](CC(=O)O)C(=O)N[C@@H](CCC(=O)O)C(=O)O. The van der Waals surface area contributed by atoms with Crippen molar-refractivity contribution in [2.45, 2.75) is 113 Å². The second kappa shape index (κ2) is 41.5. The van der Waals surface area contributed by atoms with Gasteiger partial charge in [-0.15, -0.1) is 0 Å². The highest BCUT2D eigenvalue weighted by Crippen LogP contribution is 2.06. The predicted molar refractivity (Wildman–Crippen MR) is 276 cm³/mol. The summed E-state index contributed by atoms with van der Waals surface area (Å²) in [6.07, 6.45) is -2.23. The summed E-state index contributed by atoms with van der Waals surface area (Å²) >= 11 is 5.51. The van der Waals surface area contributed by atoms with Gasteiger partial charge in [0.2, 0.25) is 53.2 Å². The van der Waals surface area contributed by atoms with Crippen LogP contribution in [0.15, 0.2) is 0 Å². The fraction of sp³-hybridized carbons (Fsp3) is 0.643. The summed E-state index contributed by atoms with van der Waals surface area (Å²) in [5, 5.41) is 100. The molecule has 0 radical (unpaired) electrons. The van der Waals surface area contributed by atoms with Crippen LogP contribution in [-0.2, 0) is 71.9 Å². The summed E-state index contributed by atoms with van der Waals surface area (Å²) in [5.74, 6) is -15.9. The number of nitrogens with two attached hydrogens (primary N) is 3. The number of aliphatic carboxylic acids is 6. The lowest BCUT2D eigenvalue weighted by atomic mass is 10.0. The molecule has 36 nitrogen and oxygen atoms in total. The van der Waals surface area contributed by atoms with E-state index in [4.69, 9.17) is 47.8 Å². The Morgan fingerprint density at radius 1 is 0.487 bits per heavy atom. The van der Waals surface area contributed by atoms with Crippen LogP contribution in [0, 0.1) is 5.92 Å². The summed E-state index contributed by atoms with van der Waals surface area (Å²) in [6, 6.07) is -12.7. The van der Waals surface area contributed by atoms with Crippen LogP contribution in [0.1, 0.15) is 52.9 Å². The number of thiol groups is 1. The molecule has 0 saturated carbocycles. The Morgan fingerprint density at radius 2 is 0.925 bits per heavy atom. The van der Waals surface area contributed by atoms with E-state index in [-0.39, 0.29) is 31.2 Å². The number of carboxylic acids is 6. The Labute approximate surface area is 465 Å². The van der Waals surface area contributed by atoms with Crippen molar-refractivity contribution < 1.29 is 118 Å². The van der Waals surface area contributed by atoms with Crippen LogP contribution in [0.3, 0.4) is 0 Å². The number of aliphatic hydroxyl groups is 3. The van der Waals surface area contributed by atoms with Gasteiger partial charge in [0.15, 0.2) is 0 Å². The van der Waals surface area contributed by atoms with Gasteiger partial charge in [-0.25, -0.2) is 14.4 Å². The summed E-state index contributed by atoms with van der Waals surface area (Å²) in [6.45, 7) is 1.70. The monoisotopic (exact) mass is 1190 g/mol. The largest absolute Gasteiger partial charge is 0.481 e. The summed E-state index contributed by atoms with van der Waals surface area (Å²) < 4.78 is 0. The molecule has 0 saturated heterocycles. The molecule has 456 valence electrons. The first-order valence-electron chi connectivity index (χ1n) is 23.3. The molecular formula is C42H72N12O24S2. The van der Waals surface area contributed by atoms with E-state index in [0.717, 1.165) is 6.92 Å². The minimum atomic E-state index is -1.82. The second-order valence-corrected chi connectivity index (χ2v) is 18.1. The van der Waals surface area contributed by atoms with E-state index in [9.17, 15) is 87.2 Å². The number of carboxylic acid groups (broad SMARTS) is 6. The standard InChI is InChI=1S/C15H28N4O5S2.C14H24N4O10.C13H20N4O9/c1-8(2)12(19-11(20)6-16)14(22)18-10(7-25)13(21)17-9(15(23)24)4-5-26-3;1-5(21)10(13(26)16-7(14(27)28)2-9(22)23)18-12(25)8(4-20)17-11(24)6(15)3-19;14-4-8(18)15-5-9(19)16-7(3-11(22)23)12(24)17-6(13(25)26)1-2-10(20)21/h8-10,12,25H,4-7,16H2,1-3H3,(H,17,21)(H,18,22)(H,19,20)(H,23,24);5-8,10,19-21H,2-4,15H2,1H3,(H,16,26)(H,17,24)(H,18,25)(H,22,23)(H,27,28);6-7H,1-5,14H2,(H,15,18)(H,16,19)(H,17,24)(H,20,21)(H,22,23)(H,25,26)/t9-,10-,12-;5-,6+,7+,8+,10+;6-,7-/m010/s1. The van der Waals surface area contributed by atoms with E-state index in [2.05, 4.69) is 33.9 Å². The van der Waals surface area contributed by atoms with E-state index in [1.54, 1.807) is 13.8 Å². The van der Waals surface area contributed by atoms with Crippen molar-refractivity contribution in [1.29, 1.82) is 0 Å². The second-order valence-electron chi connectivity index (χ2n) is 16.7. The average molecular weight is 1190 g/mol. The Hall–Kier alpha value is -7.49. The topological polar surface area (TPSA) is 624 Å². The lowest BCUT2D eigenvalue weighted by Gasteiger charge is -2.25. The molecule has 0 aliphatic carbocycles. The molecule has 0 aliphatic rings. The van der Waals surface area contributed by atoms with Crippen LogP contribution in [-0.4, -0.2) is 246 Å². The molecule has 38 heteroatoms. The number of hydrogen-bond donors (Lipinski definition) is 22. The number of carbonyl (C=O) groups excluding carboxylic acids is 9. The molecule has 0 unspecified atom stereocenters. The Kier molecular flexibility index (Phi) is 39.9. The number of amides is 9. The molecule has 0 aromatic carbocycles. The van der Waals surface area contributed by atoms with Crippen LogP contribution < -0.4 is 65.1 Å². The Balaban J connectivity index is -0.00000111. The third kappa shape index (κ3) is 33.7. The Bertz CT molecular complexity index is 2140. The quantitative estimate of drug-likeness (QED) is 0.0259. The van der Waals surface area contributed by atoms with Gasteiger partial charge in [0.05, 0.1) is 51.8 Å². The highest BCUT2D eigenvalue weighted by Gasteiger charge is 2.34. The lowest BCUT2D eigenvalue weighted by molar-refractivity contribution is -0.148. The maximum absolute atomic E-state index is 12.4. The van der Waals surface area contributed by atoms with Gasteiger partial charge in [0, 0.05) is 12.2 Å². The average Bonchev–Trinajstić information content (AvgIpc) is 3.37. The van der Waals surface area contributed by atoms with Crippen LogP contribution in [0.25, 0.3) is 0 Å². The molecule has 80 heavy (non-hydrogen) atoms. The van der Waals surface area contributed by atoms with Crippen molar-refractivity contribution in [1.82, 2.24) is 47.9 Å². The third-order valence-electron chi connectivity index (χ3n) is 9.82.